The summed E-state index contributed by atoms with van der Waals surface area (Å²) in [4.78, 5) is 12.3. The van der Waals surface area contributed by atoms with E-state index in [1.54, 1.807) is 24.3 Å². The molecule has 1 aliphatic carbocycles. The first kappa shape index (κ1) is 23.8. The van der Waals surface area contributed by atoms with Gasteiger partial charge in [-0.05, 0) is 46.4 Å². The van der Waals surface area contributed by atoms with Crippen molar-refractivity contribution in [2.45, 2.75) is 37.9 Å². The van der Waals surface area contributed by atoms with Crippen LogP contribution in [0, 0.1) is 0 Å². The van der Waals surface area contributed by atoms with Gasteiger partial charge in [0.05, 0.1) is 6.61 Å². The number of hydrogen-bond donors (Lipinski definition) is 3. The Hall–Kier alpha value is -3.35. The SMILES string of the molecule is CCCCOc1ccc(C(O)C(O)CNC(=O)OCC2c3ccccc3-c3ccccc32)cc1. The van der Waals surface area contributed by atoms with Gasteiger partial charge in [0.15, 0.2) is 0 Å². The molecular formula is C28H31NO5. The minimum Gasteiger partial charge on any atom is -0.494 e. The third-order valence-electron chi connectivity index (χ3n) is 6.15. The molecule has 6 heteroatoms. The van der Waals surface area contributed by atoms with E-state index in [1.807, 2.05) is 24.3 Å². The van der Waals surface area contributed by atoms with Crippen LogP contribution in [0.5, 0.6) is 5.75 Å². The molecule has 0 saturated carbocycles. The summed E-state index contributed by atoms with van der Waals surface area (Å²) >= 11 is 0. The zero-order chi connectivity index (χ0) is 23.9. The molecule has 0 saturated heterocycles. The van der Waals surface area contributed by atoms with Crippen LogP contribution in [-0.4, -0.2) is 42.2 Å². The van der Waals surface area contributed by atoms with Crippen LogP contribution >= 0.6 is 0 Å². The maximum absolute atomic E-state index is 12.3. The van der Waals surface area contributed by atoms with E-state index >= 15 is 0 Å². The van der Waals surface area contributed by atoms with Crippen molar-refractivity contribution in [2.75, 3.05) is 19.8 Å². The first-order valence-corrected chi connectivity index (χ1v) is 11.8. The lowest BCUT2D eigenvalue weighted by Gasteiger charge is -2.19. The van der Waals surface area contributed by atoms with Crippen molar-refractivity contribution in [3.63, 3.8) is 0 Å². The van der Waals surface area contributed by atoms with Crippen molar-refractivity contribution < 1.29 is 24.5 Å². The number of amides is 1. The Kier molecular flexibility index (Phi) is 7.83. The molecular weight excluding hydrogens is 430 g/mol. The van der Waals surface area contributed by atoms with Crippen molar-refractivity contribution >= 4 is 6.09 Å². The zero-order valence-electron chi connectivity index (χ0n) is 19.3. The molecule has 3 aromatic carbocycles. The van der Waals surface area contributed by atoms with Crippen LogP contribution in [-0.2, 0) is 4.74 Å². The van der Waals surface area contributed by atoms with E-state index in [1.165, 1.54) is 0 Å². The van der Waals surface area contributed by atoms with Gasteiger partial charge in [0.1, 0.15) is 24.6 Å². The van der Waals surface area contributed by atoms with Gasteiger partial charge in [-0.1, -0.05) is 74.0 Å². The zero-order valence-corrected chi connectivity index (χ0v) is 19.3. The van der Waals surface area contributed by atoms with Crippen LogP contribution < -0.4 is 10.1 Å². The summed E-state index contributed by atoms with van der Waals surface area (Å²) < 4.78 is 11.1. The number of fused-ring (bicyclic) bond motifs is 3. The quantitative estimate of drug-likeness (QED) is 0.378. The van der Waals surface area contributed by atoms with E-state index in [2.05, 4.69) is 36.5 Å². The molecule has 0 spiro atoms. The average molecular weight is 462 g/mol. The summed E-state index contributed by atoms with van der Waals surface area (Å²) in [6.45, 7) is 2.80. The lowest BCUT2D eigenvalue weighted by molar-refractivity contribution is 0.0185. The molecule has 0 aromatic heterocycles. The van der Waals surface area contributed by atoms with Crippen LogP contribution in [0.1, 0.15) is 48.5 Å². The average Bonchev–Trinajstić information content (AvgIpc) is 3.20. The molecule has 3 aromatic rings. The van der Waals surface area contributed by atoms with Gasteiger partial charge in [-0.2, -0.15) is 0 Å². The van der Waals surface area contributed by atoms with Crippen LogP contribution in [0.4, 0.5) is 4.79 Å². The van der Waals surface area contributed by atoms with E-state index < -0.39 is 18.3 Å². The van der Waals surface area contributed by atoms with Gasteiger partial charge >= 0.3 is 6.09 Å². The minimum atomic E-state index is -1.17. The van der Waals surface area contributed by atoms with E-state index in [-0.39, 0.29) is 19.1 Å². The number of carbonyl (C=O) groups is 1. The van der Waals surface area contributed by atoms with Crippen LogP contribution in [0.15, 0.2) is 72.8 Å². The van der Waals surface area contributed by atoms with Crippen molar-refractivity contribution in [1.29, 1.82) is 0 Å². The molecule has 0 radical (unpaired) electrons. The molecule has 0 aliphatic heterocycles. The molecule has 4 rings (SSSR count). The predicted molar refractivity (Wildman–Crippen MR) is 131 cm³/mol. The number of unbranched alkanes of at least 4 members (excludes halogenated alkanes) is 1. The second-order valence-corrected chi connectivity index (χ2v) is 8.49. The van der Waals surface area contributed by atoms with Crippen LogP contribution in [0.25, 0.3) is 11.1 Å². The number of nitrogens with one attached hydrogen (secondary N) is 1. The number of alkyl carbamates (subject to hydrolysis) is 1. The standard InChI is InChI=1S/C28H31NO5/c1-2-3-16-33-20-14-12-19(13-15-20)27(31)26(30)17-29-28(32)34-18-25-23-10-6-4-8-21(23)22-9-5-7-11-24(22)25/h4-15,25-27,30-31H,2-3,16-18H2,1H3,(H,29,32). The molecule has 34 heavy (non-hydrogen) atoms. The molecule has 2 unspecified atom stereocenters. The van der Waals surface area contributed by atoms with Gasteiger partial charge in [0.25, 0.3) is 0 Å². The van der Waals surface area contributed by atoms with Crippen molar-refractivity contribution in [3.8, 4) is 16.9 Å². The van der Waals surface area contributed by atoms with E-state index in [0.29, 0.717) is 12.2 Å². The Morgan fingerprint density at radius 2 is 1.56 bits per heavy atom. The summed E-state index contributed by atoms with van der Waals surface area (Å²) in [5, 5.41) is 23.4. The highest BCUT2D eigenvalue weighted by Gasteiger charge is 2.29. The smallest absolute Gasteiger partial charge is 0.407 e. The number of benzene rings is 3. The van der Waals surface area contributed by atoms with E-state index in [0.717, 1.165) is 40.8 Å². The lowest BCUT2D eigenvalue weighted by atomic mass is 9.98. The largest absolute Gasteiger partial charge is 0.494 e. The number of aliphatic hydroxyl groups excluding tert-OH is 2. The van der Waals surface area contributed by atoms with Crippen LogP contribution in [0.2, 0.25) is 0 Å². The highest BCUT2D eigenvalue weighted by Crippen LogP contribution is 2.44. The second kappa shape index (κ2) is 11.2. The molecule has 3 N–H and O–H groups in total. The Labute approximate surface area is 200 Å². The van der Waals surface area contributed by atoms with Gasteiger partial charge in [0, 0.05) is 12.5 Å². The first-order chi connectivity index (χ1) is 16.6. The lowest BCUT2D eigenvalue weighted by Crippen LogP contribution is -2.36. The number of hydrogen-bond acceptors (Lipinski definition) is 5. The second-order valence-electron chi connectivity index (χ2n) is 8.49. The fourth-order valence-corrected chi connectivity index (χ4v) is 4.27. The molecule has 1 aliphatic rings. The van der Waals surface area contributed by atoms with Crippen molar-refractivity contribution in [1.82, 2.24) is 5.32 Å². The summed E-state index contributed by atoms with van der Waals surface area (Å²) in [5.74, 6) is 0.683. The Balaban J connectivity index is 1.27. The van der Waals surface area contributed by atoms with E-state index in [9.17, 15) is 15.0 Å². The van der Waals surface area contributed by atoms with Gasteiger partial charge < -0.3 is 25.0 Å². The molecule has 0 fully saturated rings. The first-order valence-electron chi connectivity index (χ1n) is 11.8. The van der Waals surface area contributed by atoms with Gasteiger partial charge in [-0.3, -0.25) is 0 Å². The fourth-order valence-electron chi connectivity index (χ4n) is 4.27. The molecule has 1 amide bonds. The normalized spacial score (nSPS) is 14.1. The minimum absolute atomic E-state index is 0.0354. The van der Waals surface area contributed by atoms with Gasteiger partial charge in [0.2, 0.25) is 0 Å². The summed E-state index contributed by atoms with van der Waals surface area (Å²) in [5.41, 5.74) is 5.13. The monoisotopic (exact) mass is 461 g/mol. The number of rotatable bonds is 10. The highest BCUT2D eigenvalue weighted by atomic mass is 16.5. The maximum Gasteiger partial charge on any atom is 0.407 e. The third kappa shape index (κ3) is 5.41. The van der Waals surface area contributed by atoms with Crippen LogP contribution in [0.3, 0.4) is 0 Å². The maximum atomic E-state index is 12.3. The fraction of sp³-hybridized carbons (Fsp3) is 0.321. The Morgan fingerprint density at radius 3 is 2.18 bits per heavy atom. The Morgan fingerprint density at radius 1 is 0.941 bits per heavy atom. The number of aliphatic hydroxyl groups is 2. The molecule has 0 heterocycles. The van der Waals surface area contributed by atoms with Gasteiger partial charge in [-0.15, -0.1) is 0 Å². The predicted octanol–water partition coefficient (Wildman–Crippen LogP) is 4.80. The summed E-state index contributed by atoms with van der Waals surface area (Å²) in [7, 11) is 0. The molecule has 2 atom stereocenters. The summed E-state index contributed by atoms with van der Waals surface area (Å²) in [6.07, 6.45) is -0.914. The topological polar surface area (TPSA) is 88.0 Å². The molecule has 0 bridgehead atoms. The third-order valence-corrected chi connectivity index (χ3v) is 6.15. The van der Waals surface area contributed by atoms with E-state index in [4.69, 9.17) is 9.47 Å². The summed E-state index contributed by atoms with van der Waals surface area (Å²) in [6, 6.07) is 23.2. The van der Waals surface area contributed by atoms with Crippen molar-refractivity contribution in [2.24, 2.45) is 0 Å². The number of ether oxygens (including phenoxy) is 2. The molecule has 6 nitrogen and oxygen atoms in total. The Bertz CT molecular complexity index is 1050. The highest BCUT2D eigenvalue weighted by molar-refractivity contribution is 5.79. The molecule has 178 valence electrons. The van der Waals surface area contributed by atoms with Crippen molar-refractivity contribution in [3.05, 3.63) is 89.5 Å². The number of carbonyl (C=O) groups excluding carboxylic acids is 1. The van der Waals surface area contributed by atoms with Gasteiger partial charge in [-0.25, -0.2) is 4.79 Å².